The second-order valence-electron chi connectivity index (χ2n) is 18.1. The Morgan fingerprint density at radius 3 is 2.01 bits per heavy atom. The van der Waals surface area contributed by atoms with Crippen molar-refractivity contribution in [3.63, 3.8) is 0 Å². The topological polar surface area (TPSA) is 284 Å². The highest BCUT2D eigenvalue weighted by Crippen LogP contribution is 2.51. The molecule has 18 nitrogen and oxygen atoms in total. The standard InChI is InChI=1S/C46H54F4N2O16S4/c1-45(2,3)33-27-30(67-36-26-29(15-17-32(33)36)51(22-23-66-5)20-11-25-70(57,58)59)12-9-13-37-46(4,19-10-24-69(54,55)56)34-28-31(71(60,61)62)16-18-35(34)52(37)21-8-6-7-14-38(53)68-43-39(47)41(49)44(72(63,64)65)42(50)40(43)48/h9,12-13,15-18,26-28H,6-8,10-11,14,19-25H2,1-5H3,(H3-,54,55,56,57,58,59,60,61,62,63,64,65)/p-3. The molecule has 0 fully saturated rings. The van der Waals surface area contributed by atoms with Crippen molar-refractivity contribution < 1.29 is 88.1 Å². The molecule has 1 unspecified atom stereocenters. The van der Waals surface area contributed by atoms with Crippen molar-refractivity contribution in [1.82, 2.24) is 4.58 Å². The van der Waals surface area contributed by atoms with Crippen molar-refractivity contribution in [2.75, 3.05) is 49.8 Å². The fraction of sp³-hybridized carbons (Fsp3) is 0.435. The van der Waals surface area contributed by atoms with Gasteiger partial charge in [0.25, 0.3) is 0 Å². The van der Waals surface area contributed by atoms with Gasteiger partial charge in [-0.1, -0.05) is 33.3 Å². The minimum absolute atomic E-state index is 0.0422. The number of hydrogen-bond acceptors (Lipinski definition) is 17. The molecule has 72 heavy (non-hydrogen) atoms. The van der Waals surface area contributed by atoms with Gasteiger partial charge in [0.2, 0.25) is 22.7 Å². The number of methoxy groups -OCH3 is 1. The van der Waals surface area contributed by atoms with E-state index in [1.165, 1.54) is 19.2 Å². The molecule has 2 aliphatic heterocycles. The van der Waals surface area contributed by atoms with Gasteiger partial charge in [0.05, 0.1) is 31.2 Å². The van der Waals surface area contributed by atoms with Crippen LogP contribution in [-0.4, -0.2) is 103 Å². The largest absolute Gasteiger partial charge is 0.748 e. The zero-order valence-corrected chi connectivity index (χ0v) is 42.8. The molecule has 5 rings (SSSR count). The maximum Gasteiger partial charge on any atom is 0.311 e. The monoisotopic (exact) mass is 1090 g/mol. The molecule has 0 spiro atoms. The molecule has 3 aliphatic rings. The maximum absolute atomic E-state index is 14.5. The molecule has 0 saturated heterocycles. The van der Waals surface area contributed by atoms with Crippen LogP contribution in [0.4, 0.5) is 23.2 Å². The average molecular weight is 1090 g/mol. The number of benzene rings is 3. The molecule has 2 heterocycles. The molecular formula is C46H51F4N2O16S4-3. The number of rotatable bonds is 22. The van der Waals surface area contributed by atoms with Gasteiger partial charge in [-0.05, 0) is 91.6 Å². The van der Waals surface area contributed by atoms with Crippen LogP contribution in [0.5, 0.6) is 5.75 Å². The molecule has 0 aromatic heterocycles. The summed E-state index contributed by atoms with van der Waals surface area (Å²) in [4.78, 5) is 11.3. The molecule has 0 bridgehead atoms. The Bertz CT molecular complexity index is 3250. The minimum Gasteiger partial charge on any atom is -0.748 e. The highest BCUT2D eigenvalue weighted by atomic mass is 32.2. The van der Waals surface area contributed by atoms with Gasteiger partial charge >= 0.3 is 5.97 Å². The average Bonchev–Trinajstić information content (AvgIpc) is 3.48. The van der Waals surface area contributed by atoms with Crippen LogP contribution in [0.25, 0.3) is 17.4 Å². The second-order valence-corrected chi connectivity index (χ2v) is 23.9. The Morgan fingerprint density at radius 1 is 0.792 bits per heavy atom. The van der Waals surface area contributed by atoms with Crippen molar-refractivity contribution in [2.24, 2.45) is 0 Å². The summed E-state index contributed by atoms with van der Waals surface area (Å²) < 4.78 is 215. The van der Waals surface area contributed by atoms with Crippen molar-refractivity contribution in [3.8, 4) is 17.1 Å². The molecule has 2 aromatic rings. The lowest BCUT2D eigenvalue weighted by molar-refractivity contribution is -0.135. The second kappa shape index (κ2) is 22.6. The van der Waals surface area contributed by atoms with E-state index in [-0.39, 0.29) is 58.2 Å². The molecule has 1 aliphatic carbocycles. The number of fused-ring (bicyclic) bond motifs is 2. The summed E-state index contributed by atoms with van der Waals surface area (Å²) in [6.07, 6.45) is 4.48. The number of halogens is 4. The Labute approximate surface area is 415 Å². The van der Waals surface area contributed by atoms with Crippen molar-refractivity contribution in [3.05, 3.63) is 106 Å². The number of allylic oxidation sites excluding steroid dienone is 3. The zero-order chi connectivity index (χ0) is 53.8. The zero-order valence-electron chi connectivity index (χ0n) is 39.5. The van der Waals surface area contributed by atoms with Crippen molar-refractivity contribution in [2.45, 2.75) is 93.3 Å². The first-order chi connectivity index (χ1) is 33.3. The summed E-state index contributed by atoms with van der Waals surface area (Å²) in [5, 5.41) is 0.654. The Morgan fingerprint density at radius 2 is 1.43 bits per heavy atom. The van der Waals surface area contributed by atoms with Crippen LogP contribution in [-0.2, 0) is 60.8 Å². The number of hydrogen-bond donors (Lipinski definition) is 0. The highest BCUT2D eigenvalue weighted by Gasteiger charge is 2.43. The summed E-state index contributed by atoms with van der Waals surface area (Å²) in [5.74, 6) is -13.8. The fourth-order valence-electron chi connectivity index (χ4n) is 8.41. The van der Waals surface area contributed by atoms with Gasteiger partial charge in [-0.3, -0.25) is 4.79 Å². The van der Waals surface area contributed by atoms with E-state index in [1.54, 1.807) is 36.1 Å². The van der Waals surface area contributed by atoms with Gasteiger partial charge in [-0.25, -0.2) is 47.0 Å². The number of carbonyl (C=O) groups excluding carboxylic acids is 1. The number of esters is 1. The first-order valence-electron chi connectivity index (χ1n) is 22.1. The van der Waals surface area contributed by atoms with E-state index < -0.39 is 114 Å². The van der Waals surface area contributed by atoms with Crippen LogP contribution in [0.15, 0.2) is 74.5 Å². The van der Waals surface area contributed by atoms with Gasteiger partial charge in [0, 0.05) is 66.4 Å². The third kappa shape index (κ3) is 14.4. The summed E-state index contributed by atoms with van der Waals surface area (Å²) in [6, 6.07) is 11.0. The molecule has 26 heteroatoms. The first-order valence-corrected chi connectivity index (χ1v) is 28.1. The first kappa shape index (κ1) is 57.8. The molecule has 0 amide bonds. The van der Waals surface area contributed by atoms with Crippen molar-refractivity contribution >= 4 is 58.2 Å². The van der Waals surface area contributed by atoms with Gasteiger partial charge in [0.1, 0.15) is 49.8 Å². The fourth-order valence-corrected chi connectivity index (χ4v) is 10.5. The molecule has 0 saturated carbocycles. The quantitative estimate of drug-likeness (QED) is 0.0177. The number of unbranched alkanes of at least 4 members (excludes halogenated alkanes) is 2. The lowest BCUT2D eigenvalue weighted by Crippen LogP contribution is -2.34. The van der Waals surface area contributed by atoms with Crippen LogP contribution >= 0.6 is 0 Å². The SMILES string of the molecule is COCC[N+](CCCS(=O)(=O)[O-])=c1ccc2c(C(C)(C)C)cc(/C=C/C=C3/N(CCCCCC(=O)Oc4c(F)c(F)c(S(=O)(=O)[O-])c(F)c4F)c4ccc(S(=O)(=O)[O-])cc4C3(C)CCCS(=O)(=O)[O-])oc-2c1. The van der Waals surface area contributed by atoms with E-state index in [0.29, 0.717) is 40.4 Å². The van der Waals surface area contributed by atoms with E-state index in [9.17, 15) is 74.2 Å². The van der Waals surface area contributed by atoms with E-state index in [0.717, 1.165) is 17.2 Å². The summed E-state index contributed by atoms with van der Waals surface area (Å²) in [7, 11) is -18.7. The third-order valence-corrected chi connectivity index (χ3v) is 15.1. The smallest absolute Gasteiger partial charge is 0.311 e. The highest BCUT2D eigenvalue weighted by molar-refractivity contribution is 7.86. The van der Waals surface area contributed by atoms with Gasteiger partial charge in [-0.2, -0.15) is 8.78 Å². The van der Waals surface area contributed by atoms with E-state index in [2.05, 4.69) is 4.74 Å². The van der Waals surface area contributed by atoms with Crippen LogP contribution in [0.1, 0.15) is 89.5 Å². The number of nitrogens with zero attached hydrogens (tertiary/aromatic N) is 2. The molecule has 2 aromatic carbocycles. The van der Waals surface area contributed by atoms with E-state index in [1.807, 2.05) is 43.5 Å². The normalized spacial score (nSPS) is 16.8. The minimum atomic E-state index is -6.01. The predicted octanol–water partition coefficient (Wildman–Crippen LogP) is 5.57. The number of carbonyl (C=O) groups is 1. The van der Waals surface area contributed by atoms with Gasteiger partial charge in [-0.15, -0.1) is 0 Å². The van der Waals surface area contributed by atoms with E-state index >= 15 is 0 Å². The summed E-state index contributed by atoms with van der Waals surface area (Å²) in [5.41, 5.74) is 1.10. The van der Waals surface area contributed by atoms with Crippen LogP contribution in [0.3, 0.4) is 0 Å². The lowest BCUT2D eigenvalue weighted by atomic mass is 9.77. The third-order valence-electron chi connectivity index (χ3n) is 11.8. The van der Waals surface area contributed by atoms with Crippen LogP contribution in [0.2, 0.25) is 0 Å². The number of anilines is 1. The van der Waals surface area contributed by atoms with Crippen LogP contribution in [0, 0.1) is 23.3 Å². The Kier molecular flexibility index (Phi) is 18.1. The van der Waals surface area contributed by atoms with E-state index in [4.69, 9.17) is 9.15 Å². The van der Waals surface area contributed by atoms with Crippen LogP contribution < -0.4 is 19.6 Å². The Balaban J connectivity index is 1.52. The summed E-state index contributed by atoms with van der Waals surface area (Å²) in [6.45, 7) is 8.61. The van der Waals surface area contributed by atoms with Crippen molar-refractivity contribution in [1.29, 1.82) is 0 Å². The molecule has 0 radical (unpaired) electrons. The molecule has 1 atom stereocenters. The number of ether oxygens (including phenoxy) is 2. The lowest BCUT2D eigenvalue weighted by Gasteiger charge is -2.31. The van der Waals surface area contributed by atoms with Gasteiger partial charge in [0.15, 0.2) is 18.2 Å². The summed E-state index contributed by atoms with van der Waals surface area (Å²) >= 11 is 0. The molecule has 396 valence electrons. The van der Waals surface area contributed by atoms with Gasteiger partial charge < -0.3 is 37.0 Å². The molecular weight excluding hydrogens is 1040 g/mol. The maximum atomic E-state index is 14.5. The molecule has 0 N–H and O–H groups in total. The Hall–Kier alpha value is -5.06. The predicted molar refractivity (Wildman–Crippen MR) is 248 cm³/mol.